The maximum atomic E-state index is 12.7. The molecule has 2 fully saturated rings. The first kappa shape index (κ1) is 29.0. The molecular formula is C26H28O15. The lowest BCUT2D eigenvalue weighted by Gasteiger charge is -2.41. The fourth-order valence-corrected chi connectivity index (χ4v) is 4.53. The van der Waals surface area contributed by atoms with Gasteiger partial charge in [0.25, 0.3) is 0 Å². The summed E-state index contributed by atoms with van der Waals surface area (Å²) in [5.41, 5.74) is -0.539. The van der Waals surface area contributed by atoms with E-state index in [2.05, 4.69) is 0 Å². The monoisotopic (exact) mass is 580 g/mol. The number of phenolic OH excluding ortho intramolecular Hbond substituents is 3. The fourth-order valence-electron chi connectivity index (χ4n) is 4.53. The number of aliphatic hydroxyl groups is 6. The maximum absolute atomic E-state index is 12.7. The Kier molecular flexibility index (Phi) is 8.06. The summed E-state index contributed by atoms with van der Waals surface area (Å²) < 4.78 is 27.4. The molecule has 0 saturated carbocycles. The van der Waals surface area contributed by atoms with E-state index in [1.54, 1.807) is 0 Å². The van der Waals surface area contributed by atoms with Crippen molar-refractivity contribution in [1.29, 1.82) is 0 Å². The van der Waals surface area contributed by atoms with E-state index in [-0.39, 0.29) is 40.4 Å². The Bertz CT molecular complexity index is 1460. The first-order valence-electron chi connectivity index (χ1n) is 12.4. The average Bonchev–Trinajstić information content (AvgIpc) is 2.93. The summed E-state index contributed by atoms with van der Waals surface area (Å²) in [6, 6.07) is 7.08. The molecule has 2 saturated heterocycles. The molecule has 0 aliphatic carbocycles. The van der Waals surface area contributed by atoms with Crippen LogP contribution in [0.1, 0.15) is 0 Å². The molecule has 15 heteroatoms. The predicted octanol–water partition coefficient (Wildman–Crippen LogP) is -1.78. The number of fused-ring (bicyclic) bond motifs is 1. The molecule has 9 N–H and O–H groups in total. The van der Waals surface area contributed by atoms with Crippen LogP contribution >= 0.6 is 0 Å². The van der Waals surface area contributed by atoms with Crippen LogP contribution in [-0.4, -0.2) is 114 Å². The van der Waals surface area contributed by atoms with Crippen LogP contribution in [-0.2, 0) is 14.2 Å². The van der Waals surface area contributed by atoms with Crippen molar-refractivity contribution in [2.75, 3.05) is 13.2 Å². The zero-order chi connectivity index (χ0) is 29.6. The highest BCUT2D eigenvalue weighted by atomic mass is 16.7. The lowest BCUT2D eigenvalue weighted by molar-refractivity contribution is -0.307. The van der Waals surface area contributed by atoms with Crippen LogP contribution in [0.25, 0.3) is 22.3 Å². The van der Waals surface area contributed by atoms with Gasteiger partial charge >= 0.3 is 0 Å². The van der Waals surface area contributed by atoms with Crippen LogP contribution in [0.5, 0.6) is 23.0 Å². The minimum absolute atomic E-state index is 0.0104. The molecule has 0 radical (unpaired) electrons. The molecular weight excluding hydrogens is 552 g/mol. The molecule has 3 aromatic rings. The van der Waals surface area contributed by atoms with Gasteiger partial charge in [0.1, 0.15) is 71.0 Å². The molecule has 5 rings (SSSR count). The van der Waals surface area contributed by atoms with Crippen LogP contribution in [0.3, 0.4) is 0 Å². The standard InChI is InChI=1S/C26H28O15/c27-11-2-1-9(3-12(11)28)16-6-14(30)19-13(29)4-10(5-17(19)40-16)39-26-24(36)22(34)21(33)18(41-26)8-38-25-23(35)20(32)15(31)7-37-25/h1-6,15,18,20-29,31-36H,7-8H2/t15-,18-,20+,21-,22+,23-,24-,25+,26-/m1/s1. The maximum Gasteiger partial charge on any atom is 0.229 e. The van der Waals surface area contributed by atoms with Gasteiger partial charge in [-0.05, 0) is 18.2 Å². The van der Waals surface area contributed by atoms with E-state index < -0.39 is 78.8 Å². The number of hydrogen-bond donors (Lipinski definition) is 9. The van der Waals surface area contributed by atoms with E-state index in [4.69, 9.17) is 23.4 Å². The van der Waals surface area contributed by atoms with E-state index in [0.29, 0.717) is 0 Å². The van der Waals surface area contributed by atoms with Crippen molar-refractivity contribution < 1.29 is 69.3 Å². The summed E-state index contributed by atoms with van der Waals surface area (Å²) in [6.45, 7) is -0.836. The largest absolute Gasteiger partial charge is 0.507 e. The van der Waals surface area contributed by atoms with Crippen molar-refractivity contribution in [3.05, 3.63) is 46.6 Å². The van der Waals surface area contributed by atoms with Gasteiger partial charge in [0.2, 0.25) is 6.29 Å². The van der Waals surface area contributed by atoms with E-state index in [1.807, 2.05) is 0 Å². The average molecular weight is 580 g/mol. The van der Waals surface area contributed by atoms with Crippen molar-refractivity contribution in [2.24, 2.45) is 0 Å². The minimum Gasteiger partial charge on any atom is -0.507 e. The van der Waals surface area contributed by atoms with Crippen LogP contribution < -0.4 is 10.2 Å². The van der Waals surface area contributed by atoms with E-state index in [1.165, 1.54) is 24.3 Å². The molecule has 2 aliphatic heterocycles. The van der Waals surface area contributed by atoms with Crippen LogP contribution in [0.15, 0.2) is 45.6 Å². The number of aromatic hydroxyl groups is 3. The summed E-state index contributed by atoms with van der Waals surface area (Å²) in [4.78, 5) is 12.7. The van der Waals surface area contributed by atoms with Crippen molar-refractivity contribution in [3.8, 4) is 34.3 Å². The van der Waals surface area contributed by atoms with Gasteiger partial charge in [-0.15, -0.1) is 0 Å². The highest BCUT2D eigenvalue weighted by molar-refractivity contribution is 5.86. The molecule has 9 atom stereocenters. The van der Waals surface area contributed by atoms with Crippen LogP contribution in [0.2, 0.25) is 0 Å². The molecule has 0 spiro atoms. The van der Waals surface area contributed by atoms with Gasteiger partial charge in [-0.2, -0.15) is 0 Å². The number of ether oxygens (including phenoxy) is 4. The topological polar surface area (TPSA) is 249 Å². The van der Waals surface area contributed by atoms with E-state index in [9.17, 15) is 50.8 Å². The predicted molar refractivity (Wildman–Crippen MR) is 134 cm³/mol. The normalized spacial score (nSPS) is 32.2. The third-order valence-electron chi connectivity index (χ3n) is 6.84. The molecule has 41 heavy (non-hydrogen) atoms. The Morgan fingerprint density at radius 2 is 1.51 bits per heavy atom. The lowest BCUT2D eigenvalue weighted by Crippen LogP contribution is -2.61. The van der Waals surface area contributed by atoms with Crippen molar-refractivity contribution in [2.45, 2.75) is 55.3 Å². The minimum atomic E-state index is -1.79. The molecule has 0 unspecified atom stereocenters. The number of hydrogen-bond acceptors (Lipinski definition) is 15. The SMILES string of the molecule is O=c1cc(-c2ccc(O)c(O)c2)oc2cc(O[C@@H]3O[C@H](CO[C@@H]4OC[C@@H](O)[C@H](O)[C@H]4O)[C@@H](O)[C@H](O)[C@H]3O)cc(O)c12. The third-order valence-corrected chi connectivity index (χ3v) is 6.84. The zero-order valence-electron chi connectivity index (χ0n) is 21.0. The first-order valence-corrected chi connectivity index (χ1v) is 12.4. The Morgan fingerprint density at radius 1 is 0.780 bits per heavy atom. The van der Waals surface area contributed by atoms with Gasteiger partial charge in [-0.1, -0.05) is 0 Å². The Balaban J connectivity index is 1.36. The van der Waals surface area contributed by atoms with Crippen molar-refractivity contribution in [3.63, 3.8) is 0 Å². The fraction of sp³-hybridized carbons (Fsp3) is 0.423. The summed E-state index contributed by atoms with van der Waals surface area (Å²) in [5.74, 6) is -1.55. The molecule has 1 aromatic heterocycles. The summed E-state index contributed by atoms with van der Waals surface area (Å²) in [7, 11) is 0. The van der Waals surface area contributed by atoms with Gasteiger partial charge < -0.3 is 69.3 Å². The molecule has 2 aliphatic rings. The summed E-state index contributed by atoms with van der Waals surface area (Å²) >= 11 is 0. The second-order valence-corrected chi connectivity index (χ2v) is 9.71. The van der Waals surface area contributed by atoms with Crippen molar-refractivity contribution >= 4 is 11.0 Å². The van der Waals surface area contributed by atoms with Gasteiger partial charge in [0, 0.05) is 23.8 Å². The zero-order valence-corrected chi connectivity index (χ0v) is 21.0. The summed E-state index contributed by atoms with van der Waals surface area (Å²) in [5, 5.41) is 90.3. The molecule has 0 amide bonds. The quantitative estimate of drug-likeness (QED) is 0.146. The molecule has 15 nitrogen and oxygen atoms in total. The summed E-state index contributed by atoms with van der Waals surface area (Å²) in [6.07, 6.45) is -14.1. The Labute approximate surface area is 230 Å². The molecule has 0 bridgehead atoms. The van der Waals surface area contributed by atoms with Crippen LogP contribution in [0.4, 0.5) is 0 Å². The number of benzene rings is 2. The smallest absolute Gasteiger partial charge is 0.229 e. The number of phenols is 3. The lowest BCUT2D eigenvalue weighted by atomic mass is 9.99. The van der Waals surface area contributed by atoms with Gasteiger partial charge in [-0.25, -0.2) is 0 Å². The van der Waals surface area contributed by atoms with Crippen LogP contribution in [0, 0.1) is 0 Å². The number of aliphatic hydroxyl groups excluding tert-OH is 6. The second-order valence-electron chi connectivity index (χ2n) is 9.71. The van der Waals surface area contributed by atoms with Crippen molar-refractivity contribution in [1.82, 2.24) is 0 Å². The molecule has 2 aromatic carbocycles. The van der Waals surface area contributed by atoms with E-state index in [0.717, 1.165) is 12.1 Å². The number of rotatable bonds is 6. The Hall–Kier alpha value is -3.51. The van der Waals surface area contributed by atoms with Gasteiger partial charge in [0.05, 0.1) is 13.2 Å². The van der Waals surface area contributed by atoms with Gasteiger partial charge in [-0.3, -0.25) is 4.79 Å². The van der Waals surface area contributed by atoms with E-state index >= 15 is 0 Å². The molecule has 222 valence electrons. The highest BCUT2D eigenvalue weighted by Crippen LogP contribution is 2.35. The Morgan fingerprint density at radius 3 is 2.24 bits per heavy atom. The van der Waals surface area contributed by atoms with Gasteiger partial charge in [0.15, 0.2) is 23.2 Å². The highest BCUT2D eigenvalue weighted by Gasteiger charge is 2.46. The first-order chi connectivity index (χ1) is 19.4. The third kappa shape index (κ3) is 5.67. The molecule has 3 heterocycles. The second kappa shape index (κ2) is 11.4.